The molecule has 1 heterocycles. The quantitative estimate of drug-likeness (QED) is 0.666. The largest absolute Gasteiger partial charge is 0.310 e. The fourth-order valence-electron chi connectivity index (χ4n) is 1.43. The fraction of sp³-hybridized carbons (Fsp3) is 0.889. The Morgan fingerprint density at radius 3 is 2.67 bits per heavy atom. The van der Waals surface area contributed by atoms with Crippen molar-refractivity contribution < 1.29 is 0 Å². The van der Waals surface area contributed by atoms with Crippen LogP contribution in [0.2, 0.25) is 0 Å². The lowest BCUT2D eigenvalue weighted by Crippen LogP contribution is -2.25. The minimum absolute atomic E-state index is 1.04. The molecular formula is C9H19N3. The lowest BCUT2D eigenvalue weighted by Gasteiger charge is -2.17. The monoisotopic (exact) mass is 169 g/mol. The van der Waals surface area contributed by atoms with Crippen molar-refractivity contribution in [3.05, 3.63) is 0 Å². The molecule has 70 valence electrons. The van der Waals surface area contributed by atoms with E-state index in [2.05, 4.69) is 29.3 Å². The van der Waals surface area contributed by atoms with Gasteiger partial charge in [0.05, 0.1) is 0 Å². The van der Waals surface area contributed by atoms with Crippen molar-refractivity contribution in [3.63, 3.8) is 0 Å². The van der Waals surface area contributed by atoms with Crippen molar-refractivity contribution in [3.8, 4) is 0 Å². The van der Waals surface area contributed by atoms with E-state index in [-0.39, 0.29) is 0 Å². The second-order valence-electron chi connectivity index (χ2n) is 3.11. The smallest absolute Gasteiger partial charge is 0.0409 e. The molecule has 0 bridgehead atoms. The minimum Gasteiger partial charge on any atom is -0.310 e. The molecule has 1 N–H and O–H groups in total. The van der Waals surface area contributed by atoms with E-state index in [1.807, 2.05) is 0 Å². The first-order chi connectivity index (χ1) is 5.86. The molecule has 1 aliphatic heterocycles. The van der Waals surface area contributed by atoms with Gasteiger partial charge in [0.1, 0.15) is 0 Å². The van der Waals surface area contributed by atoms with Gasteiger partial charge >= 0.3 is 0 Å². The lowest BCUT2D eigenvalue weighted by atomic mass is 10.2. The van der Waals surface area contributed by atoms with Crippen LogP contribution in [0.5, 0.6) is 0 Å². The third-order valence-electron chi connectivity index (χ3n) is 2.37. The van der Waals surface area contributed by atoms with Crippen LogP contribution >= 0.6 is 0 Å². The molecule has 1 rings (SSSR count). The Labute approximate surface area is 74.8 Å². The summed E-state index contributed by atoms with van der Waals surface area (Å²) >= 11 is 0. The van der Waals surface area contributed by atoms with Gasteiger partial charge in [-0.15, -0.1) is 0 Å². The second-order valence-corrected chi connectivity index (χ2v) is 3.11. The first-order valence-electron chi connectivity index (χ1n) is 4.87. The number of nitrogens with one attached hydrogen (secondary N) is 1. The third-order valence-corrected chi connectivity index (χ3v) is 2.37. The molecule has 0 saturated carbocycles. The Morgan fingerprint density at radius 2 is 2.17 bits per heavy atom. The summed E-state index contributed by atoms with van der Waals surface area (Å²) in [4.78, 5) is 2.43. The van der Waals surface area contributed by atoms with E-state index in [9.17, 15) is 0 Å². The zero-order chi connectivity index (χ0) is 8.81. The third kappa shape index (κ3) is 2.81. The predicted molar refractivity (Wildman–Crippen MR) is 52.5 cm³/mol. The molecule has 0 aromatic heterocycles. The summed E-state index contributed by atoms with van der Waals surface area (Å²) in [5.74, 6) is 0. The summed E-state index contributed by atoms with van der Waals surface area (Å²) in [7, 11) is 0. The highest BCUT2D eigenvalue weighted by molar-refractivity contribution is 5.85. The summed E-state index contributed by atoms with van der Waals surface area (Å²) in [6.07, 6.45) is 2.27. The van der Waals surface area contributed by atoms with E-state index in [1.165, 1.54) is 5.71 Å². The number of nitrogens with zero attached hydrogens (tertiary/aromatic N) is 2. The molecule has 3 heteroatoms. The molecule has 0 fully saturated rings. The van der Waals surface area contributed by atoms with Crippen molar-refractivity contribution in [1.29, 1.82) is 0 Å². The Hall–Kier alpha value is -0.570. The number of hydrazone groups is 1. The molecular weight excluding hydrogens is 150 g/mol. The molecule has 0 aromatic carbocycles. The lowest BCUT2D eigenvalue weighted by molar-refractivity contribution is 0.313. The molecule has 1 aliphatic rings. The Morgan fingerprint density at radius 1 is 1.42 bits per heavy atom. The zero-order valence-electron chi connectivity index (χ0n) is 8.14. The maximum Gasteiger partial charge on any atom is 0.0409 e. The van der Waals surface area contributed by atoms with Gasteiger partial charge in [-0.3, -0.25) is 0 Å². The molecule has 0 aliphatic carbocycles. The molecule has 3 nitrogen and oxygen atoms in total. The van der Waals surface area contributed by atoms with Gasteiger partial charge in [-0.05, 0) is 13.1 Å². The average molecular weight is 169 g/mol. The van der Waals surface area contributed by atoms with Crippen LogP contribution < -0.4 is 5.43 Å². The van der Waals surface area contributed by atoms with Gasteiger partial charge in [0.25, 0.3) is 0 Å². The summed E-state index contributed by atoms with van der Waals surface area (Å²) in [6, 6.07) is 0. The standard InChI is InChI=1S/C9H19N3/c1-3-12(4-2)8-6-9-5-7-10-11-9/h10H,3-8H2,1-2H3. The predicted octanol–water partition coefficient (Wildman–Crippen LogP) is 1.07. The van der Waals surface area contributed by atoms with E-state index in [0.717, 1.165) is 39.0 Å². The first kappa shape index (κ1) is 9.52. The van der Waals surface area contributed by atoms with Crippen LogP contribution in [0.15, 0.2) is 5.10 Å². The van der Waals surface area contributed by atoms with E-state index >= 15 is 0 Å². The number of hydrogen-bond donors (Lipinski definition) is 1. The summed E-state index contributed by atoms with van der Waals surface area (Å²) < 4.78 is 0. The summed E-state index contributed by atoms with van der Waals surface area (Å²) in [5, 5.41) is 4.22. The first-order valence-corrected chi connectivity index (χ1v) is 4.87. The van der Waals surface area contributed by atoms with Gasteiger partial charge in [0.2, 0.25) is 0 Å². The van der Waals surface area contributed by atoms with E-state index < -0.39 is 0 Å². The normalized spacial score (nSPS) is 16.4. The van der Waals surface area contributed by atoms with Gasteiger partial charge in [-0.25, -0.2) is 0 Å². The Balaban J connectivity index is 2.14. The molecule has 0 unspecified atom stereocenters. The van der Waals surface area contributed by atoms with Gasteiger partial charge in [-0.1, -0.05) is 13.8 Å². The highest BCUT2D eigenvalue weighted by Crippen LogP contribution is 2.00. The van der Waals surface area contributed by atoms with Crippen molar-refractivity contribution in [2.24, 2.45) is 5.10 Å². The Bertz CT molecular complexity index is 150. The van der Waals surface area contributed by atoms with Crippen LogP contribution in [-0.4, -0.2) is 36.8 Å². The minimum atomic E-state index is 1.04. The van der Waals surface area contributed by atoms with Crippen LogP contribution in [0.3, 0.4) is 0 Å². The van der Waals surface area contributed by atoms with Gasteiger partial charge < -0.3 is 10.3 Å². The van der Waals surface area contributed by atoms with Crippen LogP contribution in [0, 0.1) is 0 Å². The molecule has 0 spiro atoms. The van der Waals surface area contributed by atoms with Crippen LogP contribution in [0.25, 0.3) is 0 Å². The van der Waals surface area contributed by atoms with E-state index in [1.54, 1.807) is 0 Å². The maximum absolute atomic E-state index is 4.22. The number of rotatable bonds is 5. The SMILES string of the molecule is CCN(CC)CCC1=NNCC1. The number of hydrogen-bond acceptors (Lipinski definition) is 3. The second kappa shape index (κ2) is 5.14. The van der Waals surface area contributed by atoms with Crippen LogP contribution in [-0.2, 0) is 0 Å². The molecule has 0 aromatic rings. The topological polar surface area (TPSA) is 27.6 Å². The molecule has 0 amide bonds. The highest BCUT2D eigenvalue weighted by atomic mass is 15.3. The zero-order valence-corrected chi connectivity index (χ0v) is 8.14. The Kier molecular flexibility index (Phi) is 4.08. The van der Waals surface area contributed by atoms with Crippen LogP contribution in [0.1, 0.15) is 26.7 Å². The molecule has 12 heavy (non-hydrogen) atoms. The fourth-order valence-corrected chi connectivity index (χ4v) is 1.43. The molecule has 0 atom stereocenters. The van der Waals surface area contributed by atoms with Gasteiger partial charge in [0.15, 0.2) is 0 Å². The average Bonchev–Trinajstić information content (AvgIpc) is 2.59. The highest BCUT2D eigenvalue weighted by Gasteiger charge is 2.07. The molecule has 0 radical (unpaired) electrons. The van der Waals surface area contributed by atoms with Crippen molar-refractivity contribution in [1.82, 2.24) is 10.3 Å². The van der Waals surface area contributed by atoms with E-state index in [4.69, 9.17) is 0 Å². The summed E-state index contributed by atoms with van der Waals surface area (Å²) in [6.45, 7) is 8.91. The summed E-state index contributed by atoms with van der Waals surface area (Å²) in [5.41, 5.74) is 4.34. The van der Waals surface area contributed by atoms with E-state index in [0.29, 0.717) is 0 Å². The van der Waals surface area contributed by atoms with Gasteiger partial charge in [-0.2, -0.15) is 5.10 Å². The molecule has 0 saturated heterocycles. The van der Waals surface area contributed by atoms with Crippen molar-refractivity contribution in [2.75, 3.05) is 26.2 Å². The van der Waals surface area contributed by atoms with Crippen molar-refractivity contribution in [2.45, 2.75) is 26.7 Å². The maximum atomic E-state index is 4.22. The van der Waals surface area contributed by atoms with Crippen molar-refractivity contribution >= 4 is 5.71 Å². The van der Waals surface area contributed by atoms with Gasteiger partial charge in [0, 0.05) is 31.6 Å². The van der Waals surface area contributed by atoms with Crippen LogP contribution in [0.4, 0.5) is 0 Å².